The van der Waals surface area contributed by atoms with Gasteiger partial charge in [-0.05, 0) is 24.3 Å². The Hall–Kier alpha value is -2.45. The number of sulfonamides is 1. The first-order chi connectivity index (χ1) is 12.9. The summed E-state index contributed by atoms with van der Waals surface area (Å²) in [6.07, 6.45) is 0.710. The predicted molar refractivity (Wildman–Crippen MR) is 94.5 cm³/mol. The van der Waals surface area contributed by atoms with Gasteiger partial charge in [0.2, 0.25) is 10.0 Å². The second-order valence-corrected chi connectivity index (χ2v) is 8.57. The summed E-state index contributed by atoms with van der Waals surface area (Å²) >= 11 is 0. The number of esters is 1. The summed E-state index contributed by atoms with van der Waals surface area (Å²) in [4.78, 5) is 12.0. The number of hydrogen-bond acceptors (Lipinski definition) is 5. The van der Waals surface area contributed by atoms with Crippen molar-refractivity contribution in [3.05, 3.63) is 59.4 Å². The molecule has 1 saturated heterocycles. The zero-order valence-electron chi connectivity index (χ0n) is 14.6. The summed E-state index contributed by atoms with van der Waals surface area (Å²) in [5.74, 6) is -1.12. The lowest BCUT2D eigenvalue weighted by Crippen LogP contribution is -2.45. The van der Waals surface area contributed by atoms with Crippen molar-refractivity contribution in [1.29, 1.82) is 0 Å². The summed E-state index contributed by atoms with van der Waals surface area (Å²) in [6.45, 7) is 0.356. The molecule has 142 valence electrons. The smallest absolute Gasteiger partial charge is 0.339 e. The van der Waals surface area contributed by atoms with Crippen molar-refractivity contribution in [2.45, 2.75) is 23.3 Å². The standard InChI is InChI=1S/C19H18FNO5S/c1-25-17-7-6-13(12-16(17)20)27(23,24)21-10-8-19(9-11-21)15-5-3-2-4-14(15)18(22)26-19/h2-7,12H,8-11H2,1H3. The summed E-state index contributed by atoms with van der Waals surface area (Å²) in [7, 11) is -2.53. The molecule has 2 aliphatic heterocycles. The van der Waals surface area contributed by atoms with Crippen molar-refractivity contribution in [2.24, 2.45) is 0 Å². The molecule has 0 saturated carbocycles. The van der Waals surface area contributed by atoms with Crippen LogP contribution in [-0.4, -0.2) is 38.9 Å². The molecule has 2 aliphatic rings. The van der Waals surface area contributed by atoms with E-state index < -0.39 is 21.4 Å². The van der Waals surface area contributed by atoms with Crippen LogP contribution in [0.25, 0.3) is 0 Å². The van der Waals surface area contributed by atoms with Gasteiger partial charge in [0, 0.05) is 31.5 Å². The van der Waals surface area contributed by atoms with Crippen molar-refractivity contribution in [3.63, 3.8) is 0 Å². The lowest BCUT2D eigenvalue weighted by molar-refractivity contribution is -0.0329. The van der Waals surface area contributed by atoms with Gasteiger partial charge in [-0.1, -0.05) is 18.2 Å². The fourth-order valence-electron chi connectivity index (χ4n) is 3.76. The number of rotatable bonds is 3. The Bertz CT molecular complexity index is 1010. The van der Waals surface area contributed by atoms with E-state index in [1.54, 1.807) is 12.1 Å². The highest BCUT2D eigenvalue weighted by molar-refractivity contribution is 7.89. The molecule has 0 atom stereocenters. The van der Waals surface area contributed by atoms with Gasteiger partial charge in [-0.15, -0.1) is 0 Å². The monoisotopic (exact) mass is 391 g/mol. The highest BCUT2D eigenvalue weighted by Crippen LogP contribution is 2.44. The van der Waals surface area contributed by atoms with Crippen molar-refractivity contribution in [3.8, 4) is 5.75 Å². The summed E-state index contributed by atoms with van der Waals surface area (Å²) in [5, 5.41) is 0. The number of halogens is 1. The molecule has 0 unspecified atom stereocenters. The average molecular weight is 391 g/mol. The zero-order valence-corrected chi connectivity index (χ0v) is 15.5. The first-order valence-corrected chi connectivity index (χ1v) is 9.98. The van der Waals surface area contributed by atoms with Gasteiger partial charge >= 0.3 is 5.97 Å². The molecule has 1 spiro atoms. The number of benzene rings is 2. The number of carbonyl (C=O) groups excluding carboxylic acids is 1. The van der Waals surface area contributed by atoms with Crippen LogP contribution in [0.5, 0.6) is 5.75 Å². The van der Waals surface area contributed by atoms with Gasteiger partial charge < -0.3 is 9.47 Å². The maximum atomic E-state index is 13.9. The average Bonchev–Trinajstić information content (AvgIpc) is 2.94. The first kappa shape index (κ1) is 17.9. The molecule has 0 amide bonds. The van der Waals surface area contributed by atoms with E-state index in [4.69, 9.17) is 9.47 Å². The minimum atomic E-state index is -3.85. The zero-order chi connectivity index (χ0) is 19.2. The normalized spacial score (nSPS) is 19.0. The van der Waals surface area contributed by atoms with E-state index in [1.807, 2.05) is 12.1 Å². The molecular formula is C19H18FNO5S. The molecule has 0 aromatic heterocycles. The van der Waals surface area contributed by atoms with E-state index in [2.05, 4.69) is 0 Å². The Morgan fingerprint density at radius 2 is 1.85 bits per heavy atom. The molecule has 1 fully saturated rings. The van der Waals surface area contributed by atoms with Gasteiger partial charge in [0.1, 0.15) is 5.60 Å². The van der Waals surface area contributed by atoms with E-state index in [0.717, 1.165) is 11.6 Å². The van der Waals surface area contributed by atoms with Crippen LogP contribution in [0.15, 0.2) is 47.4 Å². The van der Waals surface area contributed by atoms with E-state index in [1.165, 1.54) is 23.5 Å². The van der Waals surface area contributed by atoms with Gasteiger partial charge in [-0.25, -0.2) is 17.6 Å². The molecule has 0 N–H and O–H groups in total. The van der Waals surface area contributed by atoms with Crippen LogP contribution in [0.4, 0.5) is 4.39 Å². The first-order valence-electron chi connectivity index (χ1n) is 8.54. The molecule has 4 rings (SSSR count). The molecule has 2 aromatic carbocycles. The number of hydrogen-bond donors (Lipinski definition) is 0. The second kappa shape index (κ2) is 6.31. The van der Waals surface area contributed by atoms with Gasteiger partial charge in [0.25, 0.3) is 0 Å². The maximum Gasteiger partial charge on any atom is 0.339 e. The van der Waals surface area contributed by atoms with Crippen LogP contribution >= 0.6 is 0 Å². The lowest BCUT2D eigenvalue weighted by atomic mass is 9.84. The highest BCUT2D eigenvalue weighted by atomic mass is 32.2. The van der Waals surface area contributed by atoms with Crippen molar-refractivity contribution >= 4 is 16.0 Å². The Morgan fingerprint density at radius 3 is 2.52 bits per heavy atom. The van der Waals surface area contributed by atoms with Crippen LogP contribution in [-0.2, 0) is 20.4 Å². The third kappa shape index (κ3) is 2.80. The topological polar surface area (TPSA) is 72.9 Å². The van der Waals surface area contributed by atoms with Crippen molar-refractivity contribution in [1.82, 2.24) is 4.31 Å². The van der Waals surface area contributed by atoms with Gasteiger partial charge in [0.15, 0.2) is 11.6 Å². The Balaban J connectivity index is 1.58. The minimum absolute atomic E-state index is 0.0129. The summed E-state index contributed by atoms with van der Waals surface area (Å²) < 4.78 is 51.4. The maximum absolute atomic E-state index is 13.9. The van der Waals surface area contributed by atoms with Crippen LogP contribution < -0.4 is 4.74 Å². The van der Waals surface area contributed by atoms with Crippen LogP contribution in [0, 0.1) is 5.82 Å². The van der Waals surface area contributed by atoms with Crippen LogP contribution in [0.1, 0.15) is 28.8 Å². The molecule has 0 bridgehead atoms. The number of carbonyl (C=O) groups is 1. The lowest BCUT2D eigenvalue weighted by Gasteiger charge is -2.37. The van der Waals surface area contributed by atoms with Crippen LogP contribution in [0.3, 0.4) is 0 Å². The fraction of sp³-hybridized carbons (Fsp3) is 0.316. The molecular weight excluding hydrogens is 373 g/mol. The predicted octanol–water partition coefficient (Wildman–Crippen LogP) is 2.68. The quantitative estimate of drug-likeness (QED) is 0.753. The Labute approximate surface area is 156 Å². The van der Waals surface area contributed by atoms with Crippen molar-refractivity contribution < 1.29 is 27.1 Å². The van der Waals surface area contributed by atoms with Crippen molar-refractivity contribution in [2.75, 3.05) is 20.2 Å². The number of fused-ring (bicyclic) bond motifs is 2. The summed E-state index contributed by atoms with van der Waals surface area (Å²) in [6, 6.07) is 10.8. The van der Waals surface area contributed by atoms with Gasteiger partial charge in [0.05, 0.1) is 17.6 Å². The molecule has 0 radical (unpaired) electrons. The third-order valence-electron chi connectivity index (χ3n) is 5.22. The van der Waals surface area contributed by atoms with Gasteiger partial charge in [-0.3, -0.25) is 0 Å². The van der Waals surface area contributed by atoms with E-state index in [-0.39, 0.29) is 29.7 Å². The van der Waals surface area contributed by atoms with E-state index in [9.17, 15) is 17.6 Å². The largest absolute Gasteiger partial charge is 0.494 e. The van der Waals surface area contributed by atoms with E-state index >= 15 is 0 Å². The Kier molecular flexibility index (Phi) is 4.20. The minimum Gasteiger partial charge on any atom is -0.494 e. The van der Waals surface area contributed by atoms with Gasteiger partial charge in [-0.2, -0.15) is 4.31 Å². The van der Waals surface area contributed by atoms with Crippen LogP contribution in [0.2, 0.25) is 0 Å². The molecule has 2 aromatic rings. The summed E-state index contributed by atoms with van der Waals surface area (Å²) in [5.41, 5.74) is 0.554. The number of methoxy groups -OCH3 is 1. The third-order valence-corrected chi connectivity index (χ3v) is 7.11. The second-order valence-electron chi connectivity index (χ2n) is 6.63. The fourth-order valence-corrected chi connectivity index (χ4v) is 5.22. The molecule has 2 heterocycles. The number of piperidine rings is 1. The molecule has 6 nitrogen and oxygen atoms in total. The van der Waals surface area contributed by atoms with E-state index in [0.29, 0.717) is 18.4 Å². The highest BCUT2D eigenvalue weighted by Gasteiger charge is 2.48. The Morgan fingerprint density at radius 1 is 1.15 bits per heavy atom. The molecule has 27 heavy (non-hydrogen) atoms. The SMILES string of the molecule is COc1ccc(S(=O)(=O)N2CCC3(CC2)OC(=O)c2ccccc23)cc1F. The number of nitrogens with zero attached hydrogens (tertiary/aromatic N) is 1. The molecule has 0 aliphatic carbocycles. The molecule has 8 heteroatoms. The number of ether oxygens (including phenoxy) is 2.